The fourth-order valence-electron chi connectivity index (χ4n) is 2.12. The second-order valence-corrected chi connectivity index (χ2v) is 5.30. The Labute approximate surface area is 108 Å². The number of rotatable bonds is 5. The first-order valence-electron chi connectivity index (χ1n) is 6.16. The van der Waals surface area contributed by atoms with Gasteiger partial charge in [0.25, 0.3) is 0 Å². The second kappa shape index (κ2) is 5.08. The van der Waals surface area contributed by atoms with Crippen LogP contribution in [-0.4, -0.2) is 29.9 Å². The Morgan fingerprint density at radius 3 is 2.89 bits per heavy atom. The Morgan fingerprint density at radius 2 is 2.17 bits per heavy atom. The summed E-state index contributed by atoms with van der Waals surface area (Å²) < 4.78 is 7.06. The van der Waals surface area contributed by atoms with Gasteiger partial charge in [-0.2, -0.15) is 0 Å². The molecule has 0 saturated carbocycles. The molecule has 2 aromatic rings. The van der Waals surface area contributed by atoms with Crippen LogP contribution in [0.2, 0.25) is 0 Å². The third-order valence-corrected chi connectivity index (χ3v) is 3.32. The monoisotopic (exact) mass is 247 g/mol. The predicted octanol–water partition coefficient (Wildman–Crippen LogP) is 2.04. The molecule has 0 spiro atoms. The van der Waals surface area contributed by atoms with Crippen molar-refractivity contribution < 1.29 is 4.74 Å². The van der Waals surface area contributed by atoms with Gasteiger partial charge in [-0.3, -0.25) is 5.32 Å². The zero-order valence-corrected chi connectivity index (χ0v) is 11.5. The van der Waals surface area contributed by atoms with E-state index in [-0.39, 0.29) is 5.41 Å². The Bertz CT molecular complexity index is 531. The standard InChI is InChI=1S/C14H21N3O/c1-14(2,8-15-10-18-4)11-5-6-13-12(7-11)16-9-17(13)3/h5-7,9,15H,8,10H2,1-4H3. The first-order chi connectivity index (χ1) is 8.54. The predicted molar refractivity (Wildman–Crippen MR) is 73.6 cm³/mol. The largest absolute Gasteiger partial charge is 0.370 e. The second-order valence-electron chi connectivity index (χ2n) is 5.30. The van der Waals surface area contributed by atoms with Gasteiger partial charge in [-0.1, -0.05) is 19.9 Å². The number of hydrogen-bond donors (Lipinski definition) is 1. The summed E-state index contributed by atoms with van der Waals surface area (Å²) in [6.45, 7) is 5.90. The molecule has 1 aromatic heterocycles. The highest BCUT2D eigenvalue weighted by molar-refractivity contribution is 5.76. The van der Waals surface area contributed by atoms with Gasteiger partial charge in [-0.15, -0.1) is 0 Å². The number of aromatic nitrogens is 2. The van der Waals surface area contributed by atoms with E-state index in [1.165, 1.54) is 11.1 Å². The van der Waals surface area contributed by atoms with Crippen LogP contribution in [0, 0.1) is 0 Å². The van der Waals surface area contributed by atoms with Gasteiger partial charge < -0.3 is 9.30 Å². The number of nitrogens with zero attached hydrogens (tertiary/aromatic N) is 2. The summed E-state index contributed by atoms with van der Waals surface area (Å²) >= 11 is 0. The summed E-state index contributed by atoms with van der Waals surface area (Å²) in [5.41, 5.74) is 3.57. The van der Waals surface area contributed by atoms with E-state index < -0.39 is 0 Å². The molecule has 2 rings (SSSR count). The summed E-state index contributed by atoms with van der Waals surface area (Å²) in [6, 6.07) is 6.48. The van der Waals surface area contributed by atoms with Crippen LogP contribution in [0.25, 0.3) is 11.0 Å². The summed E-state index contributed by atoms with van der Waals surface area (Å²) in [5, 5.41) is 3.28. The lowest BCUT2D eigenvalue weighted by Gasteiger charge is -2.25. The smallest absolute Gasteiger partial charge is 0.0961 e. The third kappa shape index (κ3) is 2.54. The van der Waals surface area contributed by atoms with Crippen LogP contribution in [0.4, 0.5) is 0 Å². The van der Waals surface area contributed by atoms with Crippen LogP contribution in [0.5, 0.6) is 0 Å². The fraction of sp³-hybridized carbons (Fsp3) is 0.500. The van der Waals surface area contributed by atoms with E-state index in [1.54, 1.807) is 7.11 Å². The van der Waals surface area contributed by atoms with Gasteiger partial charge in [0.1, 0.15) is 0 Å². The number of nitrogens with one attached hydrogen (secondary N) is 1. The molecule has 18 heavy (non-hydrogen) atoms. The SMILES string of the molecule is COCNCC(C)(C)c1ccc2c(c1)ncn2C. The molecular formula is C14H21N3O. The zero-order valence-electron chi connectivity index (χ0n) is 11.5. The average molecular weight is 247 g/mol. The van der Waals surface area contributed by atoms with Gasteiger partial charge >= 0.3 is 0 Å². The summed E-state index contributed by atoms with van der Waals surface area (Å²) in [4.78, 5) is 4.41. The molecule has 1 N–H and O–H groups in total. The number of aryl methyl sites for hydroxylation is 1. The minimum absolute atomic E-state index is 0.0598. The fourth-order valence-corrected chi connectivity index (χ4v) is 2.12. The van der Waals surface area contributed by atoms with E-state index in [0.29, 0.717) is 6.73 Å². The molecule has 0 amide bonds. The van der Waals surface area contributed by atoms with Crippen molar-refractivity contribution in [3.8, 4) is 0 Å². The molecule has 4 heteroatoms. The van der Waals surface area contributed by atoms with Gasteiger partial charge in [0.15, 0.2) is 0 Å². The van der Waals surface area contributed by atoms with Gasteiger partial charge in [0, 0.05) is 26.1 Å². The lowest BCUT2D eigenvalue weighted by atomic mass is 9.84. The molecule has 1 heterocycles. The normalized spacial score (nSPS) is 12.2. The van der Waals surface area contributed by atoms with Crippen LogP contribution in [0.15, 0.2) is 24.5 Å². The topological polar surface area (TPSA) is 39.1 Å². The minimum Gasteiger partial charge on any atom is -0.370 e. The van der Waals surface area contributed by atoms with Gasteiger partial charge in [-0.25, -0.2) is 4.98 Å². The number of ether oxygens (including phenoxy) is 1. The number of benzene rings is 1. The van der Waals surface area contributed by atoms with Gasteiger partial charge in [0.2, 0.25) is 0 Å². The first kappa shape index (κ1) is 13.1. The molecular weight excluding hydrogens is 226 g/mol. The van der Waals surface area contributed by atoms with Crippen LogP contribution < -0.4 is 5.32 Å². The van der Waals surface area contributed by atoms with E-state index in [0.717, 1.165) is 12.1 Å². The molecule has 0 aliphatic rings. The van der Waals surface area contributed by atoms with Gasteiger partial charge in [0.05, 0.1) is 24.1 Å². The first-order valence-corrected chi connectivity index (χ1v) is 6.16. The van der Waals surface area contributed by atoms with Crippen LogP contribution in [0.1, 0.15) is 19.4 Å². The molecule has 4 nitrogen and oxygen atoms in total. The minimum atomic E-state index is 0.0598. The third-order valence-electron chi connectivity index (χ3n) is 3.32. The Balaban J connectivity index is 2.23. The van der Waals surface area contributed by atoms with E-state index in [1.807, 2.05) is 17.9 Å². The van der Waals surface area contributed by atoms with Crippen molar-refractivity contribution in [3.05, 3.63) is 30.1 Å². The van der Waals surface area contributed by atoms with E-state index in [9.17, 15) is 0 Å². The highest BCUT2D eigenvalue weighted by atomic mass is 16.5. The van der Waals surface area contributed by atoms with Crippen LogP contribution in [-0.2, 0) is 17.2 Å². The lowest BCUT2D eigenvalue weighted by molar-refractivity contribution is 0.169. The van der Waals surface area contributed by atoms with Crippen LogP contribution in [0.3, 0.4) is 0 Å². The quantitative estimate of drug-likeness (QED) is 0.649. The van der Waals surface area contributed by atoms with Crippen LogP contribution >= 0.6 is 0 Å². The molecule has 0 aliphatic heterocycles. The molecule has 0 unspecified atom stereocenters. The van der Waals surface area contributed by atoms with E-state index in [2.05, 4.69) is 42.3 Å². The molecule has 98 valence electrons. The van der Waals surface area contributed by atoms with Crippen molar-refractivity contribution in [2.45, 2.75) is 19.3 Å². The van der Waals surface area contributed by atoms with E-state index >= 15 is 0 Å². The number of imidazole rings is 1. The maximum atomic E-state index is 5.02. The highest BCUT2D eigenvalue weighted by Crippen LogP contribution is 2.25. The van der Waals surface area contributed by atoms with Crippen molar-refractivity contribution >= 4 is 11.0 Å². The lowest BCUT2D eigenvalue weighted by Crippen LogP contribution is -2.33. The van der Waals surface area contributed by atoms with E-state index in [4.69, 9.17) is 4.74 Å². The van der Waals surface area contributed by atoms with Crippen molar-refractivity contribution in [2.75, 3.05) is 20.4 Å². The van der Waals surface area contributed by atoms with Crippen molar-refractivity contribution in [1.29, 1.82) is 0 Å². The number of fused-ring (bicyclic) bond motifs is 1. The summed E-state index contributed by atoms with van der Waals surface area (Å²) in [7, 11) is 3.71. The van der Waals surface area contributed by atoms with Crippen molar-refractivity contribution in [1.82, 2.24) is 14.9 Å². The molecule has 0 bridgehead atoms. The highest BCUT2D eigenvalue weighted by Gasteiger charge is 2.20. The van der Waals surface area contributed by atoms with Crippen molar-refractivity contribution in [2.24, 2.45) is 7.05 Å². The molecule has 0 fully saturated rings. The maximum absolute atomic E-state index is 5.02. The number of hydrogen-bond acceptors (Lipinski definition) is 3. The zero-order chi connectivity index (χ0) is 13.2. The number of methoxy groups -OCH3 is 1. The average Bonchev–Trinajstić information content (AvgIpc) is 2.71. The molecule has 0 aliphatic carbocycles. The summed E-state index contributed by atoms with van der Waals surface area (Å²) in [6.07, 6.45) is 1.85. The maximum Gasteiger partial charge on any atom is 0.0961 e. The molecule has 0 saturated heterocycles. The Hall–Kier alpha value is -1.39. The molecule has 0 radical (unpaired) electrons. The molecule has 0 atom stereocenters. The molecule has 1 aromatic carbocycles. The van der Waals surface area contributed by atoms with Gasteiger partial charge in [-0.05, 0) is 17.7 Å². The van der Waals surface area contributed by atoms with Crippen molar-refractivity contribution in [3.63, 3.8) is 0 Å². The Morgan fingerprint density at radius 1 is 1.39 bits per heavy atom. The summed E-state index contributed by atoms with van der Waals surface area (Å²) in [5.74, 6) is 0. The Kier molecular flexibility index (Phi) is 3.68.